The predicted octanol–water partition coefficient (Wildman–Crippen LogP) is 2.88. The Bertz CT molecular complexity index is 1190. The Kier molecular flexibility index (Phi) is 4.74. The lowest BCUT2D eigenvalue weighted by Crippen LogP contribution is -2.20. The lowest BCUT2D eigenvalue weighted by Gasteiger charge is -2.17. The van der Waals surface area contributed by atoms with Crippen LogP contribution in [0.2, 0.25) is 0 Å². The van der Waals surface area contributed by atoms with E-state index in [-0.39, 0.29) is 40.1 Å². The Labute approximate surface area is 157 Å². The van der Waals surface area contributed by atoms with E-state index in [0.29, 0.717) is 0 Å². The molecule has 0 amide bonds. The number of para-hydroxylation sites is 1. The third-order valence-electron chi connectivity index (χ3n) is 4.34. The Hall–Kier alpha value is -3.88. The molecule has 8 nitrogen and oxygen atoms in total. The molecule has 0 bridgehead atoms. The minimum Gasteiger partial charge on any atom is -0.478 e. The topological polar surface area (TPSA) is 135 Å². The van der Waals surface area contributed by atoms with Crippen LogP contribution in [-0.2, 0) is 6.54 Å². The van der Waals surface area contributed by atoms with Crippen LogP contribution in [-0.4, -0.2) is 26.7 Å². The average Bonchev–Trinajstić information content (AvgIpc) is 2.65. The summed E-state index contributed by atoms with van der Waals surface area (Å²) in [7, 11) is 0. The molecule has 5 N–H and O–H groups in total. The van der Waals surface area contributed by atoms with Crippen molar-refractivity contribution < 1.29 is 24.2 Å². The van der Waals surface area contributed by atoms with Gasteiger partial charge in [0, 0.05) is 12.7 Å². The standard InChI is InChI=1S/C19H16FN3O5/c1-2-23-8-11(19(27)28)17(24)10-7-12(20)15(14(21)16(10)23)22-13-6-4-3-5-9(13)18(25)26/h3-8,22H,2,21H2,1H3,(H,25,26)(H,27,28). The van der Waals surface area contributed by atoms with Crippen molar-refractivity contribution in [3.05, 3.63) is 63.7 Å². The highest BCUT2D eigenvalue weighted by Gasteiger charge is 2.21. The first-order valence-corrected chi connectivity index (χ1v) is 8.24. The molecule has 0 unspecified atom stereocenters. The molecule has 0 aliphatic rings. The predicted molar refractivity (Wildman–Crippen MR) is 102 cm³/mol. The van der Waals surface area contributed by atoms with Crippen molar-refractivity contribution in [2.24, 2.45) is 0 Å². The number of anilines is 3. The molecular weight excluding hydrogens is 369 g/mol. The van der Waals surface area contributed by atoms with Gasteiger partial charge in [-0.15, -0.1) is 0 Å². The van der Waals surface area contributed by atoms with E-state index >= 15 is 0 Å². The van der Waals surface area contributed by atoms with Crippen LogP contribution in [0.4, 0.5) is 21.5 Å². The Morgan fingerprint density at radius 3 is 2.43 bits per heavy atom. The molecule has 0 saturated carbocycles. The molecule has 0 atom stereocenters. The molecule has 0 aliphatic heterocycles. The van der Waals surface area contributed by atoms with Crippen molar-refractivity contribution in [2.75, 3.05) is 11.1 Å². The SMILES string of the molecule is CCn1cc(C(=O)O)c(=O)c2cc(F)c(Nc3ccccc3C(=O)O)c(N)c21. The van der Waals surface area contributed by atoms with Gasteiger partial charge in [0.25, 0.3) is 0 Å². The summed E-state index contributed by atoms with van der Waals surface area (Å²) in [5, 5.41) is 21.0. The van der Waals surface area contributed by atoms with Gasteiger partial charge in [-0.25, -0.2) is 14.0 Å². The molecule has 2 aromatic carbocycles. The molecule has 1 aromatic heterocycles. The van der Waals surface area contributed by atoms with E-state index in [2.05, 4.69) is 5.32 Å². The number of nitrogens with two attached hydrogens (primary N) is 1. The highest BCUT2D eigenvalue weighted by atomic mass is 19.1. The van der Waals surface area contributed by atoms with E-state index in [9.17, 15) is 29.0 Å². The summed E-state index contributed by atoms with van der Waals surface area (Å²) in [6.07, 6.45) is 1.15. The maximum Gasteiger partial charge on any atom is 0.341 e. The number of benzene rings is 2. The van der Waals surface area contributed by atoms with Crippen LogP contribution >= 0.6 is 0 Å². The van der Waals surface area contributed by atoms with E-state index < -0.39 is 28.7 Å². The number of aromatic nitrogens is 1. The van der Waals surface area contributed by atoms with Crippen molar-refractivity contribution in [3.63, 3.8) is 0 Å². The van der Waals surface area contributed by atoms with Gasteiger partial charge >= 0.3 is 11.9 Å². The van der Waals surface area contributed by atoms with Crippen LogP contribution in [0.3, 0.4) is 0 Å². The van der Waals surface area contributed by atoms with Crippen LogP contribution in [0.25, 0.3) is 10.9 Å². The smallest absolute Gasteiger partial charge is 0.341 e. The summed E-state index contributed by atoms with van der Waals surface area (Å²) in [6.45, 7) is 1.99. The molecule has 9 heteroatoms. The maximum atomic E-state index is 14.8. The van der Waals surface area contributed by atoms with Crippen LogP contribution in [0.1, 0.15) is 27.6 Å². The molecule has 0 spiro atoms. The molecule has 144 valence electrons. The fourth-order valence-electron chi connectivity index (χ4n) is 3.01. The number of halogens is 1. The molecule has 0 saturated heterocycles. The van der Waals surface area contributed by atoms with Crippen molar-refractivity contribution >= 4 is 39.9 Å². The molecule has 3 aromatic rings. The number of pyridine rings is 1. The van der Waals surface area contributed by atoms with Crippen LogP contribution in [0.5, 0.6) is 0 Å². The van der Waals surface area contributed by atoms with Gasteiger partial charge in [-0.3, -0.25) is 4.79 Å². The minimum absolute atomic E-state index is 0.0875. The van der Waals surface area contributed by atoms with Crippen LogP contribution < -0.4 is 16.5 Å². The maximum absolute atomic E-state index is 14.8. The van der Waals surface area contributed by atoms with Gasteiger partial charge in [0.05, 0.1) is 27.8 Å². The number of aryl methyl sites for hydroxylation is 1. The second-order valence-corrected chi connectivity index (χ2v) is 5.98. The normalized spacial score (nSPS) is 10.8. The highest BCUT2D eigenvalue weighted by molar-refractivity contribution is 6.02. The van der Waals surface area contributed by atoms with Crippen molar-refractivity contribution in [1.82, 2.24) is 4.57 Å². The number of aromatic carboxylic acids is 2. The molecular formula is C19H16FN3O5. The molecule has 1 heterocycles. The monoisotopic (exact) mass is 385 g/mol. The van der Waals surface area contributed by atoms with Gasteiger partial charge in [-0.2, -0.15) is 0 Å². The van der Waals surface area contributed by atoms with E-state index in [1.165, 1.54) is 22.8 Å². The lowest BCUT2D eigenvalue weighted by atomic mass is 10.1. The molecule has 28 heavy (non-hydrogen) atoms. The van der Waals surface area contributed by atoms with Crippen LogP contribution in [0, 0.1) is 5.82 Å². The zero-order chi connectivity index (χ0) is 20.6. The molecule has 0 fully saturated rings. The highest BCUT2D eigenvalue weighted by Crippen LogP contribution is 2.34. The van der Waals surface area contributed by atoms with Gasteiger partial charge in [-0.1, -0.05) is 12.1 Å². The first-order chi connectivity index (χ1) is 13.3. The number of rotatable bonds is 5. The first-order valence-electron chi connectivity index (χ1n) is 8.24. The van der Waals surface area contributed by atoms with Crippen molar-refractivity contribution in [1.29, 1.82) is 0 Å². The third-order valence-corrected chi connectivity index (χ3v) is 4.34. The number of hydrogen-bond donors (Lipinski definition) is 4. The van der Waals surface area contributed by atoms with Gasteiger partial charge in [-0.05, 0) is 25.1 Å². The number of nitrogen functional groups attached to an aromatic ring is 1. The first kappa shape index (κ1) is 18.9. The van der Waals surface area contributed by atoms with Gasteiger partial charge in [0.15, 0.2) is 0 Å². The summed E-state index contributed by atoms with van der Waals surface area (Å²) in [5.74, 6) is -3.54. The summed E-state index contributed by atoms with van der Waals surface area (Å²) in [5.41, 5.74) is 4.62. The zero-order valence-electron chi connectivity index (χ0n) is 14.7. The number of hydrogen-bond acceptors (Lipinski definition) is 5. The Morgan fingerprint density at radius 2 is 1.82 bits per heavy atom. The number of carbonyl (C=O) groups is 2. The fourth-order valence-corrected chi connectivity index (χ4v) is 3.01. The molecule has 0 radical (unpaired) electrons. The van der Waals surface area contributed by atoms with E-state index in [1.54, 1.807) is 13.0 Å². The number of nitrogens with one attached hydrogen (secondary N) is 1. The number of carboxylic acids is 2. The van der Waals surface area contributed by atoms with E-state index in [0.717, 1.165) is 12.3 Å². The van der Waals surface area contributed by atoms with Gasteiger partial charge in [0.1, 0.15) is 17.1 Å². The van der Waals surface area contributed by atoms with Gasteiger partial charge in [0.2, 0.25) is 5.43 Å². The van der Waals surface area contributed by atoms with Crippen molar-refractivity contribution in [3.8, 4) is 0 Å². The summed E-state index contributed by atoms with van der Waals surface area (Å²) < 4.78 is 16.2. The second kappa shape index (κ2) is 7.03. The molecule has 3 rings (SSSR count). The zero-order valence-corrected chi connectivity index (χ0v) is 14.7. The number of fused-ring (bicyclic) bond motifs is 1. The third kappa shape index (κ3) is 3.02. The average molecular weight is 385 g/mol. The quantitative estimate of drug-likeness (QED) is 0.496. The Balaban J connectivity index is 2.30. The van der Waals surface area contributed by atoms with Gasteiger partial charge < -0.3 is 25.8 Å². The summed E-state index contributed by atoms with van der Waals surface area (Å²) >= 11 is 0. The fraction of sp³-hybridized carbons (Fsp3) is 0.105. The minimum atomic E-state index is -1.43. The van der Waals surface area contributed by atoms with E-state index in [1.807, 2.05) is 0 Å². The van der Waals surface area contributed by atoms with E-state index in [4.69, 9.17) is 5.73 Å². The summed E-state index contributed by atoms with van der Waals surface area (Å²) in [6, 6.07) is 6.80. The molecule has 0 aliphatic carbocycles. The number of nitrogens with zero attached hydrogens (tertiary/aromatic N) is 1. The van der Waals surface area contributed by atoms with Crippen molar-refractivity contribution in [2.45, 2.75) is 13.5 Å². The number of carboxylic acid groups (broad SMARTS) is 2. The summed E-state index contributed by atoms with van der Waals surface area (Å²) in [4.78, 5) is 35.1. The van der Waals surface area contributed by atoms with Crippen LogP contribution in [0.15, 0.2) is 41.3 Å². The lowest BCUT2D eigenvalue weighted by molar-refractivity contribution is 0.0685. The Morgan fingerprint density at radius 1 is 1.18 bits per heavy atom. The second-order valence-electron chi connectivity index (χ2n) is 5.98. The largest absolute Gasteiger partial charge is 0.478 e.